The van der Waals surface area contributed by atoms with E-state index in [-0.39, 0.29) is 10.8 Å². The molecule has 0 radical (unpaired) electrons. The smallest absolute Gasteiger partial charge is 0.277 e. The molecule has 7 nitrogen and oxygen atoms in total. The van der Waals surface area contributed by atoms with Crippen LogP contribution in [-0.4, -0.2) is 41.0 Å². The maximum atomic E-state index is 12.7. The second-order valence-corrected chi connectivity index (χ2v) is 8.46. The van der Waals surface area contributed by atoms with Crippen LogP contribution in [0.5, 0.6) is 0 Å². The molecule has 27 heavy (non-hydrogen) atoms. The first-order valence-electron chi connectivity index (χ1n) is 8.51. The van der Waals surface area contributed by atoms with Crippen LogP contribution < -0.4 is 0 Å². The fourth-order valence-electron chi connectivity index (χ4n) is 2.51. The number of hydrogen-bond acceptors (Lipinski definition) is 7. The molecule has 9 heteroatoms. The zero-order chi connectivity index (χ0) is 19.3. The normalized spacial score (nSPS) is 11.8. The van der Waals surface area contributed by atoms with Crippen molar-refractivity contribution < 1.29 is 12.8 Å². The first-order valence-corrected chi connectivity index (χ1v) is 10.9. The largest absolute Gasteiger partial charge is 0.411 e. The highest BCUT2D eigenvalue weighted by atomic mass is 32.2. The average Bonchev–Trinajstić information content (AvgIpc) is 3.17. The summed E-state index contributed by atoms with van der Waals surface area (Å²) in [6.45, 7) is 4.46. The summed E-state index contributed by atoms with van der Waals surface area (Å²) in [5.74, 6) is 0.897. The van der Waals surface area contributed by atoms with E-state index in [4.69, 9.17) is 4.42 Å². The van der Waals surface area contributed by atoms with E-state index in [9.17, 15) is 8.42 Å². The third-order valence-corrected chi connectivity index (χ3v) is 6.80. The van der Waals surface area contributed by atoms with Gasteiger partial charge in [0.05, 0.1) is 10.6 Å². The highest BCUT2D eigenvalue weighted by Gasteiger charge is 2.22. The first kappa shape index (κ1) is 19.5. The SMILES string of the molecule is CCN(CC)S(=O)(=O)c1cccc(-c2nnc(SCc3ccccn3)o2)c1. The summed E-state index contributed by atoms with van der Waals surface area (Å²) in [7, 11) is -3.54. The van der Waals surface area contributed by atoms with E-state index in [0.717, 1.165) is 5.69 Å². The molecule has 3 aromatic rings. The summed E-state index contributed by atoms with van der Waals surface area (Å²) in [5, 5.41) is 8.48. The van der Waals surface area contributed by atoms with E-state index >= 15 is 0 Å². The molecular formula is C18H20N4O3S2. The first-order chi connectivity index (χ1) is 13.0. The van der Waals surface area contributed by atoms with Crippen molar-refractivity contribution in [3.05, 3.63) is 54.4 Å². The predicted molar refractivity (Wildman–Crippen MR) is 104 cm³/mol. The van der Waals surface area contributed by atoms with Gasteiger partial charge in [-0.25, -0.2) is 8.42 Å². The van der Waals surface area contributed by atoms with Crippen LogP contribution in [0.4, 0.5) is 0 Å². The lowest BCUT2D eigenvalue weighted by molar-refractivity contribution is 0.445. The minimum Gasteiger partial charge on any atom is -0.411 e. The number of nitrogens with zero attached hydrogens (tertiary/aromatic N) is 4. The van der Waals surface area contributed by atoms with Crippen molar-refractivity contribution in [1.82, 2.24) is 19.5 Å². The van der Waals surface area contributed by atoms with Gasteiger partial charge in [0, 0.05) is 30.6 Å². The Hall–Kier alpha value is -2.23. The second kappa shape index (κ2) is 8.64. The summed E-state index contributed by atoms with van der Waals surface area (Å²) in [5.41, 5.74) is 1.48. The van der Waals surface area contributed by atoms with Crippen LogP contribution >= 0.6 is 11.8 Å². The van der Waals surface area contributed by atoms with Crippen molar-refractivity contribution >= 4 is 21.8 Å². The van der Waals surface area contributed by atoms with E-state index in [1.807, 2.05) is 32.0 Å². The van der Waals surface area contributed by atoms with Crippen LogP contribution in [0, 0.1) is 0 Å². The molecule has 0 unspecified atom stereocenters. The summed E-state index contributed by atoms with van der Waals surface area (Å²) in [4.78, 5) is 4.46. The molecule has 0 aliphatic carbocycles. The topological polar surface area (TPSA) is 89.2 Å². The molecule has 0 fully saturated rings. The zero-order valence-electron chi connectivity index (χ0n) is 15.1. The number of thioether (sulfide) groups is 1. The van der Waals surface area contributed by atoms with Gasteiger partial charge >= 0.3 is 0 Å². The highest BCUT2D eigenvalue weighted by Crippen LogP contribution is 2.27. The van der Waals surface area contributed by atoms with Gasteiger partial charge in [0.2, 0.25) is 15.9 Å². The molecule has 0 aliphatic heterocycles. The Labute approximate surface area is 162 Å². The van der Waals surface area contributed by atoms with Crippen LogP contribution in [0.1, 0.15) is 19.5 Å². The lowest BCUT2D eigenvalue weighted by Crippen LogP contribution is -2.30. The standard InChI is InChI=1S/C18H20N4O3S2/c1-3-22(4-2)27(23,24)16-10-7-8-14(12-16)17-20-21-18(25-17)26-13-15-9-5-6-11-19-15/h5-12H,3-4,13H2,1-2H3. The number of benzene rings is 1. The zero-order valence-corrected chi connectivity index (χ0v) is 16.7. The molecule has 2 aromatic heterocycles. The summed E-state index contributed by atoms with van der Waals surface area (Å²) in [6, 6.07) is 12.3. The molecule has 0 saturated heterocycles. The minimum absolute atomic E-state index is 0.213. The van der Waals surface area contributed by atoms with Crippen LogP contribution in [-0.2, 0) is 15.8 Å². The fraction of sp³-hybridized carbons (Fsp3) is 0.278. The number of pyridine rings is 1. The lowest BCUT2D eigenvalue weighted by Gasteiger charge is -2.18. The summed E-state index contributed by atoms with van der Waals surface area (Å²) >= 11 is 1.38. The van der Waals surface area contributed by atoms with E-state index in [2.05, 4.69) is 15.2 Å². The number of hydrogen-bond donors (Lipinski definition) is 0. The van der Waals surface area contributed by atoms with Gasteiger partial charge in [-0.3, -0.25) is 4.98 Å². The number of aromatic nitrogens is 3. The molecule has 0 N–H and O–H groups in total. The molecule has 142 valence electrons. The van der Waals surface area contributed by atoms with E-state index < -0.39 is 10.0 Å². The quantitative estimate of drug-likeness (QED) is 0.531. The molecular weight excluding hydrogens is 384 g/mol. The molecule has 0 aliphatic rings. The van der Waals surface area contributed by atoms with Crippen molar-refractivity contribution in [2.45, 2.75) is 29.7 Å². The third kappa shape index (κ3) is 4.55. The van der Waals surface area contributed by atoms with Crippen molar-refractivity contribution in [2.24, 2.45) is 0 Å². The van der Waals surface area contributed by atoms with E-state index in [0.29, 0.717) is 29.6 Å². The van der Waals surface area contributed by atoms with Gasteiger partial charge in [0.1, 0.15) is 0 Å². The van der Waals surface area contributed by atoms with Crippen molar-refractivity contribution in [3.8, 4) is 11.5 Å². The third-order valence-electron chi connectivity index (χ3n) is 3.90. The molecule has 0 atom stereocenters. The number of rotatable bonds is 8. The monoisotopic (exact) mass is 404 g/mol. The van der Waals surface area contributed by atoms with Gasteiger partial charge in [0.25, 0.3) is 5.22 Å². The fourth-order valence-corrected chi connectivity index (χ4v) is 4.69. The van der Waals surface area contributed by atoms with Crippen LogP contribution in [0.2, 0.25) is 0 Å². The molecule has 0 amide bonds. The molecule has 0 saturated carbocycles. The van der Waals surface area contributed by atoms with Crippen LogP contribution in [0.25, 0.3) is 11.5 Å². The minimum atomic E-state index is -3.54. The Kier molecular flexibility index (Phi) is 6.25. The van der Waals surface area contributed by atoms with Gasteiger partial charge in [-0.15, -0.1) is 10.2 Å². The summed E-state index contributed by atoms with van der Waals surface area (Å²) in [6.07, 6.45) is 1.73. The van der Waals surface area contributed by atoms with Gasteiger partial charge in [-0.05, 0) is 30.3 Å². The van der Waals surface area contributed by atoms with Gasteiger partial charge < -0.3 is 4.42 Å². The molecule has 0 spiro atoms. The Bertz CT molecular complexity index is 987. The van der Waals surface area contributed by atoms with Crippen molar-refractivity contribution in [2.75, 3.05) is 13.1 Å². The maximum Gasteiger partial charge on any atom is 0.277 e. The Morgan fingerprint density at radius 1 is 1.07 bits per heavy atom. The predicted octanol–water partition coefficient (Wildman–Crippen LogP) is 3.45. The Morgan fingerprint density at radius 3 is 2.59 bits per heavy atom. The number of sulfonamides is 1. The van der Waals surface area contributed by atoms with Gasteiger partial charge in [-0.2, -0.15) is 4.31 Å². The van der Waals surface area contributed by atoms with Crippen LogP contribution in [0.15, 0.2) is 63.2 Å². The van der Waals surface area contributed by atoms with E-state index in [1.54, 1.807) is 30.5 Å². The van der Waals surface area contributed by atoms with Crippen molar-refractivity contribution in [3.63, 3.8) is 0 Å². The molecule has 1 aromatic carbocycles. The van der Waals surface area contributed by atoms with Gasteiger partial charge in [0.15, 0.2) is 0 Å². The molecule has 2 heterocycles. The Balaban J connectivity index is 1.79. The summed E-state index contributed by atoms with van der Waals surface area (Å²) < 4.78 is 32.5. The lowest BCUT2D eigenvalue weighted by atomic mass is 10.2. The van der Waals surface area contributed by atoms with Gasteiger partial charge in [-0.1, -0.05) is 37.7 Å². The molecule has 0 bridgehead atoms. The van der Waals surface area contributed by atoms with Crippen molar-refractivity contribution in [1.29, 1.82) is 0 Å². The Morgan fingerprint density at radius 2 is 1.89 bits per heavy atom. The molecule has 3 rings (SSSR count). The van der Waals surface area contributed by atoms with E-state index in [1.165, 1.54) is 16.1 Å². The van der Waals surface area contributed by atoms with Crippen LogP contribution in [0.3, 0.4) is 0 Å². The second-order valence-electron chi connectivity index (χ2n) is 5.60. The maximum absolute atomic E-state index is 12.7. The highest BCUT2D eigenvalue weighted by molar-refractivity contribution is 7.98. The average molecular weight is 405 g/mol.